The van der Waals surface area contributed by atoms with Gasteiger partial charge in [0, 0.05) is 61.7 Å². The van der Waals surface area contributed by atoms with Gasteiger partial charge in [0.2, 0.25) is 5.88 Å². The van der Waals surface area contributed by atoms with Gasteiger partial charge < -0.3 is 14.5 Å². The molecule has 0 bridgehead atoms. The highest BCUT2D eigenvalue weighted by Crippen LogP contribution is 2.39. The molecule has 1 aromatic rings. The molecule has 7 nitrogen and oxygen atoms in total. The van der Waals surface area contributed by atoms with Crippen LogP contribution in [0.5, 0.6) is 5.88 Å². The van der Waals surface area contributed by atoms with Crippen LogP contribution >= 0.6 is 27.5 Å². The molecule has 1 aliphatic heterocycles. The second-order valence-corrected chi connectivity index (χ2v) is 17.7. The molecule has 318 valence electrons. The molecule has 5 aliphatic carbocycles. The highest BCUT2D eigenvalue weighted by Gasteiger charge is 2.27. The lowest BCUT2D eigenvalue weighted by molar-refractivity contribution is 0.357. The quantitative estimate of drug-likeness (QED) is 0.295. The molecule has 58 heavy (non-hydrogen) atoms. The van der Waals surface area contributed by atoms with E-state index >= 15 is 0 Å². The van der Waals surface area contributed by atoms with Crippen LogP contribution in [0.15, 0.2) is 119 Å². The first-order valence-electron chi connectivity index (χ1n) is 20.8. The maximum Gasteiger partial charge on any atom is 0.333 e. The van der Waals surface area contributed by atoms with Crippen LogP contribution in [-0.4, -0.2) is 53.2 Å². The van der Waals surface area contributed by atoms with Gasteiger partial charge in [0.25, 0.3) is 5.56 Å². The van der Waals surface area contributed by atoms with E-state index < -0.39 is 0 Å². The van der Waals surface area contributed by atoms with E-state index in [0.717, 1.165) is 70.4 Å². The van der Waals surface area contributed by atoms with Crippen LogP contribution in [0.1, 0.15) is 124 Å². The standard InChI is InChI=1S/C15H20N2O3.C11H17N.C9H15N.C7H9Br.C7H9Cl/c1-6-17-14(20-5)12(13(18)16(4)15(17)19)11-9(2)7-8-10(11)3;1-9-5-6-10(2)11(9)12-7-3-4-8-12;1-7-5-6-8(2)9(7)10(3)4;2*1-5-3-4-6(2)7(5)8/h2,6-8H2,1,3-5H3;1,3-8H2,2H3;1,5-6H2,2-4H3;2*1,3-4H2,2H3. The summed E-state index contributed by atoms with van der Waals surface area (Å²) in [6, 6.07) is 0. The largest absolute Gasteiger partial charge is 0.481 e. The Bertz CT molecular complexity index is 2050. The van der Waals surface area contributed by atoms with E-state index in [9.17, 15) is 9.59 Å². The number of ether oxygens (including phenoxy) is 1. The molecule has 1 saturated heterocycles. The van der Waals surface area contributed by atoms with Gasteiger partial charge in [0.05, 0.1) is 7.11 Å². The summed E-state index contributed by atoms with van der Waals surface area (Å²) in [4.78, 5) is 29.3. The predicted octanol–water partition coefficient (Wildman–Crippen LogP) is 12.4. The van der Waals surface area contributed by atoms with E-state index in [2.05, 4.69) is 100 Å². The number of likely N-dealkylation sites (tertiary alicyclic amines) is 1. The number of allylic oxidation sites excluding steroid dienone is 13. The average Bonchev–Trinajstić information content (AvgIpc) is 4.06. The highest BCUT2D eigenvalue weighted by atomic mass is 79.9. The third-order valence-electron chi connectivity index (χ3n) is 11.8. The van der Waals surface area contributed by atoms with E-state index in [1.807, 2.05) is 13.8 Å². The van der Waals surface area contributed by atoms with Gasteiger partial charge in [-0.15, -0.1) is 0 Å². The van der Waals surface area contributed by atoms with Crippen molar-refractivity contribution >= 4 is 33.1 Å². The molecule has 6 aliphatic rings. The van der Waals surface area contributed by atoms with E-state index in [-0.39, 0.29) is 11.2 Å². The number of methoxy groups -OCH3 is 1. The summed E-state index contributed by atoms with van der Waals surface area (Å²) in [6.07, 6.45) is 13.8. The fourth-order valence-corrected chi connectivity index (χ4v) is 8.93. The summed E-state index contributed by atoms with van der Waals surface area (Å²) in [5.41, 5.74) is 16.3. The predicted molar refractivity (Wildman–Crippen MR) is 253 cm³/mol. The van der Waals surface area contributed by atoms with Gasteiger partial charge >= 0.3 is 5.69 Å². The molecule has 0 aromatic carbocycles. The maximum absolute atomic E-state index is 12.5. The monoisotopic (exact) mass is 876 g/mol. The van der Waals surface area contributed by atoms with E-state index in [1.54, 1.807) is 5.57 Å². The molecule has 1 fully saturated rings. The molecule has 9 heteroatoms. The molecule has 0 amide bonds. The molecule has 1 aromatic heterocycles. The van der Waals surface area contributed by atoms with Crippen molar-refractivity contribution in [2.75, 3.05) is 34.3 Å². The van der Waals surface area contributed by atoms with Crippen LogP contribution in [0.3, 0.4) is 0 Å². The first-order valence-corrected chi connectivity index (χ1v) is 22.0. The summed E-state index contributed by atoms with van der Waals surface area (Å²) in [6.45, 7) is 35.3. The number of hydrogen-bond donors (Lipinski definition) is 0. The molecular formula is C49H70BrClN4O3. The van der Waals surface area contributed by atoms with Gasteiger partial charge in [-0.2, -0.15) is 0 Å². The SMILES string of the molecule is C=C1CCC(C)=C1Br.C=C1CCC(C)=C1Cl.C=C1CCC(C)=C1N(C)C.C=C1CCC(C)=C1N1CCCC1.C=C1CCC(C)=C1c1c(OC)n(CC)c(=O)n(C)c1=O. The second kappa shape index (κ2) is 22.0. The minimum absolute atomic E-state index is 0.325. The van der Waals surface area contributed by atoms with E-state index in [1.165, 1.54) is 120 Å². The zero-order valence-corrected chi connectivity index (χ0v) is 39.8. The van der Waals surface area contributed by atoms with Crippen molar-refractivity contribution in [2.45, 2.75) is 125 Å². The third kappa shape index (κ3) is 11.7. The average molecular weight is 878 g/mol. The Balaban J connectivity index is 0.000000205. The van der Waals surface area contributed by atoms with Crippen molar-refractivity contribution in [3.05, 3.63) is 136 Å². The fraction of sp³-hybridized carbons (Fsp3) is 0.510. The van der Waals surface area contributed by atoms with Gasteiger partial charge in [-0.3, -0.25) is 13.9 Å². The number of hydrogen-bond acceptors (Lipinski definition) is 5. The van der Waals surface area contributed by atoms with Crippen LogP contribution in [0.2, 0.25) is 0 Å². The smallest absolute Gasteiger partial charge is 0.333 e. The molecule has 0 radical (unpaired) electrons. The van der Waals surface area contributed by atoms with E-state index in [0.29, 0.717) is 18.0 Å². The van der Waals surface area contributed by atoms with Crippen molar-refractivity contribution in [3.63, 3.8) is 0 Å². The summed E-state index contributed by atoms with van der Waals surface area (Å²) in [7, 11) is 7.13. The summed E-state index contributed by atoms with van der Waals surface area (Å²) in [5.74, 6) is 0.331. The van der Waals surface area contributed by atoms with Crippen molar-refractivity contribution in [3.8, 4) is 5.88 Å². The van der Waals surface area contributed by atoms with Crippen molar-refractivity contribution in [2.24, 2.45) is 7.05 Å². The van der Waals surface area contributed by atoms with Crippen LogP contribution in [-0.2, 0) is 13.6 Å². The van der Waals surface area contributed by atoms with Gasteiger partial charge in [0.15, 0.2) is 0 Å². The van der Waals surface area contributed by atoms with E-state index in [4.69, 9.17) is 16.3 Å². The van der Waals surface area contributed by atoms with Crippen LogP contribution in [0, 0.1) is 0 Å². The number of likely N-dealkylation sites (N-methyl/N-ethyl adjacent to an activating group) is 1. The summed E-state index contributed by atoms with van der Waals surface area (Å²) >= 11 is 9.24. The Kier molecular flexibility index (Phi) is 18.5. The third-order valence-corrected chi connectivity index (χ3v) is 13.6. The lowest BCUT2D eigenvalue weighted by Gasteiger charge is -2.21. The first kappa shape index (κ1) is 48.6. The zero-order valence-electron chi connectivity index (χ0n) is 37.4. The van der Waals surface area contributed by atoms with Crippen LogP contribution < -0.4 is 16.0 Å². The maximum atomic E-state index is 12.5. The number of aromatic nitrogens is 2. The number of halogens is 2. The van der Waals surface area contributed by atoms with Crippen LogP contribution in [0.25, 0.3) is 5.57 Å². The topological polar surface area (TPSA) is 59.7 Å². The van der Waals surface area contributed by atoms with Gasteiger partial charge in [-0.1, -0.05) is 77.1 Å². The Labute approximate surface area is 363 Å². The molecule has 2 heterocycles. The van der Waals surface area contributed by atoms with Crippen molar-refractivity contribution in [1.82, 2.24) is 18.9 Å². The normalized spacial score (nSPS) is 19.1. The zero-order chi connectivity index (χ0) is 43.6. The summed E-state index contributed by atoms with van der Waals surface area (Å²) < 4.78 is 9.22. The highest BCUT2D eigenvalue weighted by molar-refractivity contribution is 9.12. The molecule has 7 rings (SSSR count). The number of nitrogens with zero attached hydrogens (tertiary/aromatic N) is 4. The Morgan fingerprint density at radius 2 is 1.19 bits per heavy atom. The minimum Gasteiger partial charge on any atom is -0.481 e. The fourth-order valence-electron chi connectivity index (χ4n) is 8.34. The second-order valence-electron chi connectivity index (χ2n) is 16.5. The van der Waals surface area contributed by atoms with Gasteiger partial charge in [-0.05, 0) is 163 Å². The van der Waals surface area contributed by atoms with Gasteiger partial charge in [-0.25, -0.2) is 4.79 Å². The van der Waals surface area contributed by atoms with Crippen molar-refractivity contribution in [1.29, 1.82) is 0 Å². The minimum atomic E-state index is -0.361. The summed E-state index contributed by atoms with van der Waals surface area (Å²) in [5, 5.41) is 0.907. The Morgan fingerprint density at radius 1 is 0.690 bits per heavy atom. The Morgan fingerprint density at radius 3 is 1.52 bits per heavy atom. The first-order chi connectivity index (χ1) is 27.3. The Hall–Kier alpha value is -3.75. The molecule has 0 saturated carbocycles. The lowest BCUT2D eigenvalue weighted by atomic mass is 10.0. The molecule has 0 unspecified atom stereocenters. The van der Waals surface area contributed by atoms with Crippen molar-refractivity contribution < 1.29 is 4.74 Å². The molecule has 0 N–H and O–H groups in total. The number of rotatable bonds is 5. The molecular weight excluding hydrogens is 808 g/mol. The molecule has 0 spiro atoms. The van der Waals surface area contributed by atoms with Gasteiger partial charge in [0.1, 0.15) is 5.56 Å². The van der Waals surface area contributed by atoms with Crippen LogP contribution in [0.4, 0.5) is 0 Å². The molecule has 0 atom stereocenters. The lowest BCUT2D eigenvalue weighted by Crippen LogP contribution is -2.40.